The molecule has 0 aliphatic carbocycles. The van der Waals surface area contributed by atoms with Gasteiger partial charge in [-0.25, -0.2) is 13.4 Å². The molecule has 3 aliphatic rings. The second kappa shape index (κ2) is 10.7. The lowest BCUT2D eigenvalue weighted by Crippen LogP contribution is -2.47. The van der Waals surface area contributed by atoms with Crippen LogP contribution >= 0.6 is 24.0 Å². The molecule has 208 valence electrons. The molecule has 0 spiro atoms. The van der Waals surface area contributed by atoms with Crippen LogP contribution in [-0.4, -0.2) is 81.6 Å². The predicted octanol–water partition coefficient (Wildman–Crippen LogP) is 2.71. The first-order valence-corrected chi connectivity index (χ1v) is 16.3. The van der Waals surface area contributed by atoms with E-state index in [2.05, 4.69) is 21.9 Å². The van der Waals surface area contributed by atoms with Crippen LogP contribution in [0.3, 0.4) is 0 Å². The minimum atomic E-state index is -3.19. The van der Waals surface area contributed by atoms with Gasteiger partial charge in [0.2, 0.25) is 0 Å². The van der Waals surface area contributed by atoms with Crippen LogP contribution in [0.15, 0.2) is 58.4 Å². The molecule has 3 aliphatic heterocycles. The fraction of sp³-hybridized carbons (Fsp3) is 0.357. The molecule has 1 atom stereocenters. The van der Waals surface area contributed by atoms with Gasteiger partial charge in [-0.2, -0.15) is 0 Å². The van der Waals surface area contributed by atoms with Crippen LogP contribution in [0.5, 0.6) is 0 Å². The Morgan fingerprint density at radius 3 is 2.52 bits per heavy atom. The van der Waals surface area contributed by atoms with Crippen molar-refractivity contribution in [1.82, 2.24) is 19.2 Å². The van der Waals surface area contributed by atoms with Crippen LogP contribution in [0.4, 0.5) is 5.82 Å². The number of carbonyl (C=O) groups is 1. The summed E-state index contributed by atoms with van der Waals surface area (Å²) in [5.41, 5.74) is 2.79. The van der Waals surface area contributed by atoms with Crippen LogP contribution in [0.2, 0.25) is 0 Å². The molecule has 2 aromatic heterocycles. The van der Waals surface area contributed by atoms with Gasteiger partial charge < -0.3 is 4.90 Å². The van der Waals surface area contributed by atoms with Crippen LogP contribution in [0, 0.1) is 6.92 Å². The molecule has 1 amide bonds. The zero-order chi connectivity index (χ0) is 28.0. The average molecular weight is 596 g/mol. The standard InChI is InChI=1S/C28H29N5O4S3/c1-19-6-5-10-32-24(19)29-25(31-13-11-30(12-14-31)17-20-7-3-2-4-8-20)22(26(32)34)16-23-27(35)33(28(38)39-23)21-9-15-40(36,37)18-21/h2-8,10,16,21H,9,11-15,17-18H2,1H3/b23-16+. The molecular weight excluding hydrogens is 567 g/mol. The number of piperazine rings is 1. The van der Waals surface area contributed by atoms with Crippen LogP contribution in [0.1, 0.15) is 23.1 Å². The lowest BCUT2D eigenvalue weighted by molar-refractivity contribution is -0.123. The predicted molar refractivity (Wildman–Crippen MR) is 162 cm³/mol. The summed E-state index contributed by atoms with van der Waals surface area (Å²) in [6.45, 7) is 5.76. The molecule has 0 bridgehead atoms. The van der Waals surface area contributed by atoms with Gasteiger partial charge in [-0.15, -0.1) is 0 Å². The number of rotatable bonds is 5. The number of amides is 1. The highest BCUT2D eigenvalue weighted by Gasteiger charge is 2.42. The van der Waals surface area contributed by atoms with E-state index in [1.165, 1.54) is 14.9 Å². The molecule has 3 aromatic rings. The maximum absolute atomic E-state index is 13.8. The monoisotopic (exact) mass is 595 g/mol. The fourth-order valence-electron chi connectivity index (χ4n) is 5.53. The number of thiocarbonyl (C=S) groups is 1. The molecule has 0 saturated carbocycles. The van der Waals surface area contributed by atoms with Gasteiger partial charge in [0.1, 0.15) is 15.8 Å². The van der Waals surface area contributed by atoms with E-state index >= 15 is 0 Å². The first-order valence-electron chi connectivity index (χ1n) is 13.2. The molecule has 9 nitrogen and oxygen atoms in total. The lowest BCUT2D eigenvalue weighted by atomic mass is 10.1. The lowest BCUT2D eigenvalue weighted by Gasteiger charge is -2.36. The van der Waals surface area contributed by atoms with Gasteiger partial charge in [0, 0.05) is 38.9 Å². The molecule has 3 fully saturated rings. The molecule has 3 saturated heterocycles. The number of nitrogens with zero attached hydrogens (tertiary/aromatic N) is 5. The van der Waals surface area contributed by atoms with E-state index in [9.17, 15) is 18.0 Å². The highest BCUT2D eigenvalue weighted by molar-refractivity contribution is 8.26. The molecule has 0 N–H and O–H groups in total. The number of pyridine rings is 1. The number of hydrogen-bond donors (Lipinski definition) is 0. The quantitative estimate of drug-likeness (QED) is 0.326. The third-order valence-electron chi connectivity index (χ3n) is 7.66. The number of fused-ring (bicyclic) bond motifs is 1. The number of aromatic nitrogens is 2. The summed E-state index contributed by atoms with van der Waals surface area (Å²) in [7, 11) is -3.19. The Bertz CT molecular complexity index is 1700. The second-order valence-corrected chi connectivity index (χ2v) is 14.3. The van der Waals surface area contributed by atoms with E-state index in [0.29, 0.717) is 45.8 Å². The first-order chi connectivity index (χ1) is 19.2. The number of carbonyl (C=O) groups excluding carboxylic acids is 1. The van der Waals surface area contributed by atoms with Crippen LogP contribution in [-0.2, 0) is 21.2 Å². The van der Waals surface area contributed by atoms with E-state index in [1.807, 2.05) is 31.2 Å². The summed E-state index contributed by atoms with van der Waals surface area (Å²) < 4.78 is 26.0. The smallest absolute Gasteiger partial charge is 0.267 e. The Labute approximate surface area is 242 Å². The zero-order valence-electron chi connectivity index (χ0n) is 22.0. The molecule has 5 heterocycles. The summed E-state index contributed by atoms with van der Waals surface area (Å²) in [4.78, 5) is 38.5. The minimum Gasteiger partial charge on any atom is -0.353 e. The Balaban J connectivity index is 1.34. The average Bonchev–Trinajstić information content (AvgIpc) is 3.43. The van der Waals surface area contributed by atoms with Gasteiger partial charge in [0.15, 0.2) is 9.84 Å². The molecule has 0 radical (unpaired) electrons. The number of anilines is 1. The van der Waals surface area contributed by atoms with Gasteiger partial charge >= 0.3 is 0 Å². The van der Waals surface area contributed by atoms with Crippen molar-refractivity contribution in [3.8, 4) is 0 Å². The summed E-state index contributed by atoms with van der Waals surface area (Å²) >= 11 is 6.60. The summed E-state index contributed by atoms with van der Waals surface area (Å²) in [5, 5.41) is 0. The van der Waals surface area contributed by atoms with Crippen molar-refractivity contribution in [2.24, 2.45) is 0 Å². The molecule has 1 aromatic carbocycles. The third-order valence-corrected chi connectivity index (χ3v) is 10.7. The molecule has 1 unspecified atom stereocenters. The van der Waals surface area contributed by atoms with Crippen molar-refractivity contribution < 1.29 is 13.2 Å². The number of thioether (sulfide) groups is 1. The Kier molecular flexibility index (Phi) is 7.28. The van der Waals surface area contributed by atoms with E-state index in [1.54, 1.807) is 18.3 Å². The summed E-state index contributed by atoms with van der Waals surface area (Å²) in [6, 6.07) is 13.6. The van der Waals surface area contributed by atoms with Gasteiger partial charge in [-0.1, -0.05) is 60.4 Å². The van der Waals surface area contributed by atoms with E-state index < -0.39 is 15.9 Å². The Morgan fingerprint density at radius 1 is 1.07 bits per heavy atom. The number of benzene rings is 1. The molecule has 6 rings (SSSR count). The number of sulfone groups is 1. The number of hydrogen-bond acceptors (Lipinski definition) is 9. The van der Waals surface area contributed by atoms with Crippen molar-refractivity contribution in [3.63, 3.8) is 0 Å². The first kappa shape index (κ1) is 27.1. The van der Waals surface area contributed by atoms with Crippen molar-refractivity contribution in [2.45, 2.75) is 25.9 Å². The second-order valence-electron chi connectivity index (χ2n) is 10.4. The molecule has 40 heavy (non-hydrogen) atoms. The van der Waals surface area contributed by atoms with Gasteiger partial charge in [-0.3, -0.25) is 23.8 Å². The highest BCUT2D eigenvalue weighted by Crippen LogP contribution is 2.37. The topological polar surface area (TPSA) is 95.3 Å². The van der Waals surface area contributed by atoms with Crippen molar-refractivity contribution >= 4 is 61.6 Å². The SMILES string of the molecule is Cc1cccn2c(=O)c(/C=C3/SC(=S)N(C4CCS(=O)(=O)C4)C3=O)c(N3CCN(Cc4ccccc4)CC3)nc12. The minimum absolute atomic E-state index is 0.0451. The van der Waals surface area contributed by atoms with E-state index in [4.69, 9.17) is 17.2 Å². The molecular formula is C28H29N5O4S3. The maximum Gasteiger partial charge on any atom is 0.267 e. The van der Waals surface area contributed by atoms with Crippen molar-refractivity contribution in [2.75, 3.05) is 42.6 Å². The highest BCUT2D eigenvalue weighted by atomic mass is 32.2. The number of aryl methyl sites for hydroxylation is 1. The summed E-state index contributed by atoms with van der Waals surface area (Å²) in [6.07, 6.45) is 3.64. The van der Waals surface area contributed by atoms with Gasteiger partial charge in [0.25, 0.3) is 11.5 Å². The normalized spacial score (nSPS) is 22.6. The Morgan fingerprint density at radius 2 is 1.82 bits per heavy atom. The fourth-order valence-corrected chi connectivity index (χ4v) is 8.61. The largest absolute Gasteiger partial charge is 0.353 e. The van der Waals surface area contributed by atoms with Crippen LogP contribution in [0.25, 0.3) is 11.7 Å². The van der Waals surface area contributed by atoms with Gasteiger partial charge in [-0.05, 0) is 36.6 Å². The zero-order valence-corrected chi connectivity index (χ0v) is 24.5. The van der Waals surface area contributed by atoms with Gasteiger partial charge in [0.05, 0.1) is 28.0 Å². The maximum atomic E-state index is 13.8. The van der Waals surface area contributed by atoms with Crippen molar-refractivity contribution in [3.05, 3.63) is 80.6 Å². The van der Waals surface area contributed by atoms with Crippen molar-refractivity contribution in [1.29, 1.82) is 0 Å². The summed E-state index contributed by atoms with van der Waals surface area (Å²) in [5.74, 6) is 0.144. The van der Waals surface area contributed by atoms with E-state index in [0.717, 1.165) is 37.0 Å². The third kappa shape index (κ3) is 5.20. The van der Waals surface area contributed by atoms with E-state index in [-0.39, 0.29) is 23.0 Å². The Hall–Kier alpha value is -3.06. The van der Waals surface area contributed by atoms with Crippen LogP contribution < -0.4 is 10.5 Å². The molecule has 12 heteroatoms.